The van der Waals surface area contributed by atoms with E-state index in [9.17, 15) is 21.9 Å². The van der Waals surface area contributed by atoms with Gasteiger partial charge < -0.3 is 14.6 Å². The minimum absolute atomic E-state index is 0.0614. The quantitative estimate of drug-likeness (QED) is 0.279. The monoisotopic (exact) mass is 542 g/mol. The smallest absolute Gasteiger partial charge is 0.241 e. The fourth-order valence-corrected chi connectivity index (χ4v) is 6.26. The largest absolute Gasteiger partial charge is 0.508 e. The highest BCUT2D eigenvalue weighted by atomic mass is 32.2. The summed E-state index contributed by atoms with van der Waals surface area (Å²) in [6.07, 6.45) is 0. The van der Waals surface area contributed by atoms with E-state index in [4.69, 9.17) is 9.47 Å². The van der Waals surface area contributed by atoms with E-state index in [0.29, 0.717) is 28.0 Å². The molecule has 0 aliphatic heterocycles. The highest BCUT2D eigenvalue weighted by Gasteiger charge is 2.24. The number of rotatable bonds is 10. The number of para-hydroxylation sites is 2. The number of aromatic hydroxyl groups is 1. The first-order valence-electron chi connectivity index (χ1n) is 11.1. The molecular formula is C26H26N2O7S2. The molecule has 3 N–H and O–H groups in total. The number of phenolic OH excluding ortho intramolecular Hbond substituents is 1. The van der Waals surface area contributed by atoms with Crippen LogP contribution in [0.25, 0.3) is 10.8 Å². The van der Waals surface area contributed by atoms with Crippen LogP contribution in [-0.4, -0.2) is 36.2 Å². The normalized spacial score (nSPS) is 11.9. The molecule has 0 aliphatic carbocycles. The molecule has 0 unspecified atom stereocenters. The van der Waals surface area contributed by atoms with Gasteiger partial charge in [0.25, 0.3) is 0 Å². The summed E-state index contributed by atoms with van der Waals surface area (Å²) >= 11 is 0. The minimum atomic E-state index is -4.22. The first kappa shape index (κ1) is 26.4. The van der Waals surface area contributed by atoms with Gasteiger partial charge in [-0.3, -0.25) is 0 Å². The molecule has 0 saturated carbocycles. The fourth-order valence-electron chi connectivity index (χ4n) is 3.87. The summed E-state index contributed by atoms with van der Waals surface area (Å²) < 4.78 is 68.8. The van der Waals surface area contributed by atoms with E-state index in [1.165, 1.54) is 38.5 Å². The van der Waals surface area contributed by atoms with Gasteiger partial charge in [0.15, 0.2) is 0 Å². The molecule has 0 radical (unpaired) electrons. The average Bonchev–Trinajstić information content (AvgIpc) is 2.90. The first-order valence-corrected chi connectivity index (χ1v) is 14.1. The van der Waals surface area contributed by atoms with Gasteiger partial charge in [0.2, 0.25) is 20.0 Å². The van der Waals surface area contributed by atoms with Gasteiger partial charge in [-0.15, -0.1) is 0 Å². The van der Waals surface area contributed by atoms with Crippen LogP contribution in [0.5, 0.6) is 17.2 Å². The maximum absolute atomic E-state index is 13.4. The van der Waals surface area contributed by atoms with Crippen molar-refractivity contribution in [3.05, 3.63) is 90.0 Å². The van der Waals surface area contributed by atoms with Crippen LogP contribution in [0.2, 0.25) is 0 Å². The number of hydrogen-bond acceptors (Lipinski definition) is 7. The van der Waals surface area contributed by atoms with E-state index in [2.05, 4.69) is 9.44 Å². The average molecular weight is 543 g/mol. The van der Waals surface area contributed by atoms with Crippen LogP contribution in [-0.2, 0) is 33.1 Å². The van der Waals surface area contributed by atoms with E-state index in [1.807, 2.05) is 0 Å². The van der Waals surface area contributed by atoms with Crippen molar-refractivity contribution in [2.45, 2.75) is 22.9 Å². The standard InChI is InChI=1S/C26H26N2O7S2/c1-34-24-9-5-3-7-19(24)16-27-36(30,31)22-13-18-11-12-21(29)14-23(18)26(15-22)37(32,33)28-17-20-8-4-6-10-25(20)35-2/h3-15,27-29H,16-17H2,1-2H3. The Bertz CT molecular complexity index is 1650. The Morgan fingerprint density at radius 2 is 1.24 bits per heavy atom. The second-order valence-electron chi connectivity index (χ2n) is 8.10. The molecule has 37 heavy (non-hydrogen) atoms. The van der Waals surface area contributed by atoms with Crippen molar-refractivity contribution >= 4 is 30.8 Å². The van der Waals surface area contributed by atoms with Crippen molar-refractivity contribution in [3.8, 4) is 17.2 Å². The van der Waals surface area contributed by atoms with Crippen LogP contribution in [0.1, 0.15) is 11.1 Å². The van der Waals surface area contributed by atoms with Crippen molar-refractivity contribution in [2.24, 2.45) is 0 Å². The third-order valence-corrected chi connectivity index (χ3v) is 8.59. The second-order valence-corrected chi connectivity index (χ2v) is 11.6. The number of phenols is 1. The number of hydrogen-bond donors (Lipinski definition) is 3. The molecule has 0 bridgehead atoms. The van der Waals surface area contributed by atoms with Gasteiger partial charge >= 0.3 is 0 Å². The molecule has 9 nitrogen and oxygen atoms in total. The predicted molar refractivity (Wildman–Crippen MR) is 140 cm³/mol. The summed E-state index contributed by atoms with van der Waals surface area (Å²) in [7, 11) is -5.37. The van der Waals surface area contributed by atoms with Crippen molar-refractivity contribution in [1.29, 1.82) is 0 Å². The van der Waals surface area contributed by atoms with Gasteiger partial charge in [0, 0.05) is 29.6 Å². The first-order chi connectivity index (χ1) is 17.6. The number of fused-ring (bicyclic) bond motifs is 1. The Morgan fingerprint density at radius 3 is 1.81 bits per heavy atom. The van der Waals surface area contributed by atoms with Crippen LogP contribution in [0.3, 0.4) is 0 Å². The third kappa shape index (κ3) is 5.86. The summed E-state index contributed by atoms with van der Waals surface area (Å²) in [6.45, 7) is -0.149. The van der Waals surface area contributed by atoms with Crippen molar-refractivity contribution in [3.63, 3.8) is 0 Å². The lowest BCUT2D eigenvalue weighted by Gasteiger charge is -2.15. The van der Waals surface area contributed by atoms with E-state index in [1.54, 1.807) is 48.5 Å². The van der Waals surface area contributed by atoms with Crippen molar-refractivity contribution in [2.75, 3.05) is 14.2 Å². The number of ether oxygens (including phenoxy) is 2. The van der Waals surface area contributed by atoms with E-state index >= 15 is 0 Å². The Labute approximate surface area is 215 Å². The number of sulfonamides is 2. The van der Waals surface area contributed by atoms with Crippen molar-refractivity contribution in [1.82, 2.24) is 9.44 Å². The predicted octanol–water partition coefficient (Wildman–Crippen LogP) is 3.52. The topological polar surface area (TPSA) is 131 Å². The van der Waals surface area contributed by atoms with Gasteiger partial charge in [-0.25, -0.2) is 26.3 Å². The van der Waals surface area contributed by atoms with Gasteiger partial charge in [0.1, 0.15) is 17.2 Å². The lowest BCUT2D eigenvalue weighted by molar-refractivity contribution is 0.409. The lowest BCUT2D eigenvalue weighted by Crippen LogP contribution is -2.26. The maximum atomic E-state index is 13.4. The molecule has 11 heteroatoms. The molecule has 0 spiro atoms. The molecule has 194 valence electrons. The zero-order valence-electron chi connectivity index (χ0n) is 20.1. The van der Waals surface area contributed by atoms with Crippen LogP contribution in [0, 0.1) is 0 Å². The molecule has 0 heterocycles. The van der Waals surface area contributed by atoms with Crippen LogP contribution < -0.4 is 18.9 Å². The van der Waals surface area contributed by atoms with Gasteiger partial charge in [-0.2, -0.15) is 0 Å². The minimum Gasteiger partial charge on any atom is -0.508 e. The zero-order valence-corrected chi connectivity index (χ0v) is 21.8. The summed E-state index contributed by atoms with van der Waals surface area (Å²) in [4.78, 5) is -0.522. The van der Waals surface area contributed by atoms with E-state index in [0.717, 1.165) is 6.07 Å². The van der Waals surface area contributed by atoms with Gasteiger partial charge in [-0.05, 0) is 41.8 Å². The summed E-state index contributed by atoms with van der Waals surface area (Å²) in [6, 6.07) is 20.4. The molecular weight excluding hydrogens is 516 g/mol. The lowest BCUT2D eigenvalue weighted by atomic mass is 10.1. The molecule has 0 amide bonds. The fraction of sp³-hybridized carbons (Fsp3) is 0.154. The van der Waals surface area contributed by atoms with Crippen LogP contribution in [0.4, 0.5) is 0 Å². The number of methoxy groups -OCH3 is 2. The molecule has 4 rings (SSSR count). The molecule has 4 aromatic rings. The van der Waals surface area contributed by atoms with Crippen LogP contribution in [0.15, 0.2) is 88.7 Å². The molecule has 0 aromatic heterocycles. The molecule has 0 aliphatic rings. The molecule has 0 saturated heterocycles. The summed E-state index contributed by atoms with van der Waals surface area (Å²) in [5.41, 5.74) is 1.22. The van der Waals surface area contributed by atoms with Crippen molar-refractivity contribution < 1.29 is 31.4 Å². The van der Waals surface area contributed by atoms with E-state index < -0.39 is 20.0 Å². The van der Waals surface area contributed by atoms with E-state index in [-0.39, 0.29) is 34.0 Å². The second kappa shape index (κ2) is 10.8. The SMILES string of the molecule is COc1ccccc1CNS(=O)(=O)c1cc(S(=O)(=O)NCc2ccccc2OC)c2cc(O)ccc2c1. The summed E-state index contributed by atoms with van der Waals surface area (Å²) in [5, 5.41) is 10.5. The highest BCUT2D eigenvalue weighted by Crippen LogP contribution is 2.31. The Hall–Kier alpha value is -3.64. The Morgan fingerprint density at radius 1 is 0.703 bits per heavy atom. The van der Waals surface area contributed by atoms with Crippen LogP contribution >= 0.6 is 0 Å². The Balaban J connectivity index is 1.72. The van der Waals surface area contributed by atoms with Gasteiger partial charge in [0.05, 0.1) is 24.0 Å². The molecule has 0 atom stereocenters. The Kier molecular flexibility index (Phi) is 7.69. The van der Waals surface area contributed by atoms with Gasteiger partial charge in [-0.1, -0.05) is 42.5 Å². The third-order valence-electron chi connectivity index (χ3n) is 5.76. The zero-order chi connectivity index (χ0) is 26.6. The maximum Gasteiger partial charge on any atom is 0.241 e. The highest BCUT2D eigenvalue weighted by molar-refractivity contribution is 7.90. The molecule has 0 fully saturated rings. The molecule has 4 aromatic carbocycles. The number of nitrogens with one attached hydrogen (secondary N) is 2. The summed E-state index contributed by atoms with van der Waals surface area (Å²) in [5.74, 6) is 0.867. The number of benzene rings is 4.